The summed E-state index contributed by atoms with van der Waals surface area (Å²) in [5.74, 6) is -0.881. The van der Waals surface area contributed by atoms with Gasteiger partial charge in [-0.05, 0) is 19.9 Å². The molecule has 0 spiro atoms. The van der Waals surface area contributed by atoms with Gasteiger partial charge in [-0.25, -0.2) is 0 Å². The number of piperidine rings is 1. The Morgan fingerprint density at radius 2 is 2.31 bits per heavy atom. The first-order valence-electron chi connectivity index (χ1n) is 4.63. The van der Waals surface area contributed by atoms with Gasteiger partial charge in [0, 0.05) is 13.1 Å². The Morgan fingerprint density at radius 1 is 1.69 bits per heavy atom. The quantitative estimate of drug-likeness (QED) is 0.646. The fourth-order valence-electron chi connectivity index (χ4n) is 1.99. The van der Waals surface area contributed by atoms with Crippen LogP contribution in [0.2, 0.25) is 0 Å². The molecule has 1 aliphatic heterocycles. The highest BCUT2D eigenvalue weighted by atomic mass is 16.4. The number of aliphatic hydroxyl groups excluding tert-OH is 1. The largest absolute Gasteiger partial charge is 0.481 e. The normalized spacial score (nSPS) is 36.1. The van der Waals surface area contributed by atoms with Crippen molar-refractivity contribution in [3.05, 3.63) is 0 Å². The summed E-state index contributed by atoms with van der Waals surface area (Å²) in [5.41, 5.74) is -0.951. The third kappa shape index (κ3) is 1.69. The van der Waals surface area contributed by atoms with Gasteiger partial charge in [0.1, 0.15) is 5.41 Å². The molecule has 0 radical (unpaired) electrons. The summed E-state index contributed by atoms with van der Waals surface area (Å²) in [4.78, 5) is 13.0. The van der Waals surface area contributed by atoms with Gasteiger partial charge < -0.3 is 15.1 Å². The smallest absolute Gasteiger partial charge is 0.313 e. The summed E-state index contributed by atoms with van der Waals surface area (Å²) in [7, 11) is 1.89. The summed E-state index contributed by atoms with van der Waals surface area (Å²) in [6.45, 7) is 3.03. The van der Waals surface area contributed by atoms with Crippen molar-refractivity contribution in [3.8, 4) is 0 Å². The number of carboxylic acid groups (broad SMARTS) is 1. The summed E-state index contributed by atoms with van der Waals surface area (Å²) in [5, 5.41) is 18.8. The molecule has 0 aromatic heterocycles. The van der Waals surface area contributed by atoms with Crippen LogP contribution in [0.3, 0.4) is 0 Å². The standard InChI is InChI=1S/C9H17NO3/c1-3-9(8(12)13)6-10(2)5-4-7(9)11/h7,11H,3-6H2,1-2H3,(H,12,13). The molecule has 0 aromatic carbocycles. The predicted molar refractivity (Wildman–Crippen MR) is 48.5 cm³/mol. The molecule has 2 N–H and O–H groups in total. The third-order valence-corrected chi connectivity index (χ3v) is 3.03. The lowest BCUT2D eigenvalue weighted by molar-refractivity contribution is -0.163. The van der Waals surface area contributed by atoms with Crippen molar-refractivity contribution in [1.82, 2.24) is 4.90 Å². The molecule has 1 saturated heterocycles. The summed E-state index contributed by atoms with van der Waals surface area (Å²) in [6, 6.07) is 0. The number of aliphatic carboxylic acids is 1. The van der Waals surface area contributed by atoms with Crippen molar-refractivity contribution in [1.29, 1.82) is 0 Å². The SMILES string of the molecule is CCC1(C(=O)O)CN(C)CCC1O. The van der Waals surface area contributed by atoms with E-state index < -0.39 is 17.5 Å². The first-order chi connectivity index (χ1) is 6.03. The van der Waals surface area contributed by atoms with Gasteiger partial charge in [-0.15, -0.1) is 0 Å². The van der Waals surface area contributed by atoms with Gasteiger partial charge in [-0.1, -0.05) is 6.92 Å². The van der Waals surface area contributed by atoms with Crippen LogP contribution in [-0.4, -0.2) is 47.3 Å². The van der Waals surface area contributed by atoms with E-state index in [2.05, 4.69) is 0 Å². The van der Waals surface area contributed by atoms with Gasteiger partial charge in [0.2, 0.25) is 0 Å². The Kier molecular flexibility index (Phi) is 2.93. The molecule has 1 fully saturated rings. The molecule has 0 aromatic rings. The predicted octanol–water partition coefficient (Wildman–Crippen LogP) is 0.164. The van der Waals surface area contributed by atoms with Crippen molar-refractivity contribution in [2.24, 2.45) is 5.41 Å². The molecule has 1 aliphatic rings. The summed E-state index contributed by atoms with van der Waals surface area (Å²) >= 11 is 0. The number of carboxylic acids is 1. The van der Waals surface area contributed by atoms with Crippen molar-refractivity contribution >= 4 is 5.97 Å². The summed E-state index contributed by atoms with van der Waals surface area (Å²) < 4.78 is 0. The molecule has 0 bridgehead atoms. The van der Waals surface area contributed by atoms with E-state index in [0.29, 0.717) is 19.4 Å². The van der Waals surface area contributed by atoms with Gasteiger partial charge in [0.15, 0.2) is 0 Å². The average molecular weight is 187 g/mol. The number of aliphatic hydroxyl groups is 1. The van der Waals surface area contributed by atoms with Crippen LogP contribution in [0.25, 0.3) is 0 Å². The Morgan fingerprint density at radius 3 is 2.69 bits per heavy atom. The Labute approximate surface area is 78.2 Å². The van der Waals surface area contributed by atoms with Crippen molar-refractivity contribution in [2.45, 2.75) is 25.9 Å². The molecule has 2 atom stereocenters. The van der Waals surface area contributed by atoms with Crippen LogP contribution >= 0.6 is 0 Å². The van der Waals surface area contributed by atoms with Gasteiger partial charge in [0.05, 0.1) is 6.10 Å². The zero-order valence-corrected chi connectivity index (χ0v) is 8.16. The maximum absolute atomic E-state index is 11.1. The first kappa shape index (κ1) is 10.5. The van der Waals surface area contributed by atoms with Crippen molar-refractivity contribution in [2.75, 3.05) is 20.1 Å². The van der Waals surface area contributed by atoms with Crippen LogP contribution in [0.5, 0.6) is 0 Å². The minimum absolute atomic E-state index is 0.444. The monoisotopic (exact) mass is 187 g/mol. The van der Waals surface area contributed by atoms with Gasteiger partial charge in [-0.2, -0.15) is 0 Å². The summed E-state index contributed by atoms with van der Waals surface area (Å²) in [6.07, 6.45) is 0.330. The topological polar surface area (TPSA) is 60.8 Å². The van der Waals surface area contributed by atoms with E-state index in [0.717, 1.165) is 6.54 Å². The van der Waals surface area contributed by atoms with Crippen molar-refractivity contribution in [3.63, 3.8) is 0 Å². The van der Waals surface area contributed by atoms with Gasteiger partial charge >= 0.3 is 5.97 Å². The number of hydrogen-bond donors (Lipinski definition) is 2. The maximum Gasteiger partial charge on any atom is 0.313 e. The number of nitrogens with zero attached hydrogens (tertiary/aromatic N) is 1. The zero-order chi connectivity index (χ0) is 10.1. The third-order valence-electron chi connectivity index (χ3n) is 3.03. The second-order valence-electron chi connectivity index (χ2n) is 3.86. The molecule has 0 aliphatic carbocycles. The minimum Gasteiger partial charge on any atom is -0.481 e. The van der Waals surface area contributed by atoms with Crippen LogP contribution in [0, 0.1) is 5.41 Å². The maximum atomic E-state index is 11.1. The van der Waals surface area contributed by atoms with Crippen LogP contribution in [0.1, 0.15) is 19.8 Å². The zero-order valence-electron chi connectivity index (χ0n) is 8.16. The second-order valence-corrected chi connectivity index (χ2v) is 3.86. The van der Waals surface area contributed by atoms with E-state index in [4.69, 9.17) is 5.11 Å². The van der Waals surface area contributed by atoms with Crippen LogP contribution < -0.4 is 0 Å². The first-order valence-corrected chi connectivity index (χ1v) is 4.63. The van der Waals surface area contributed by atoms with Gasteiger partial charge in [0.25, 0.3) is 0 Å². The Hall–Kier alpha value is -0.610. The number of carbonyl (C=O) groups is 1. The molecule has 0 saturated carbocycles. The fourth-order valence-corrected chi connectivity index (χ4v) is 1.99. The van der Waals surface area contributed by atoms with E-state index in [1.165, 1.54) is 0 Å². The molecule has 2 unspecified atom stereocenters. The minimum atomic E-state index is -0.951. The van der Waals surface area contributed by atoms with E-state index in [1.807, 2.05) is 18.9 Å². The van der Waals surface area contributed by atoms with Crippen LogP contribution in [-0.2, 0) is 4.79 Å². The van der Waals surface area contributed by atoms with E-state index in [9.17, 15) is 9.90 Å². The highest BCUT2D eigenvalue weighted by Gasteiger charge is 2.46. The lowest BCUT2D eigenvalue weighted by atomic mass is 9.75. The van der Waals surface area contributed by atoms with Crippen molar-refractivity contribution < 1.29 is 15.0 Å². The van der Waals surface area contributed by atoms with E-state index >= 15 is 0 Å². The molecular weight excluding hydrogens is 170 g/mol. The average Bonchev–Trinajstić information content (AvgIpc) is 2.09. The molecule has 0 amide bonds. The number of likely N-dealkylation sites (tertiary alicyclic amines) is 1. The molecule has 4 nitrogen and oxygen atoms in total. The Balaban J connectivity index is 2.86. The number of rotatable bonds is 2. The van der Waals surface area contributed by atoms with E-state index in [-0.39, 0.29) is 0 Å². The molecule has 76 valence electrons. The molecule has 1 heterocycles. The van der Waals surface area contributed by atoms with Crippen LogP contribution in [0.4, 0.5) is 0 Å². The number of hydrogen-bond acceptors (Lipinski definition) is 3. The molecule has 4 heteroatoms. The molecule has 13 heavy (non-hydrogen) atoms. The van der Waals surface area contributed by atoms with E-state index in [1.54, 1.807) is 0 Å². The molecule has 1 rings (SSSR count). The lowest BCUT2D eigenvalue weighted by Gasteiger charge is -2.41. The fraction of sp³-hybridized carbons (Fsp3) is 0.889. The van der Waals surface area contributed by atoms with Crippen LogP contribution in [0.15, 0.2) is 0 Å². The molecular formula is C9H17NO3. The Bertz CT molecular complexity index is 207. The van der Waals surface area contributed by atoms with Gasteiger partial charge in [-0.3, -0.25) is 4.79 Å². The lowest BCUT2D eigenvalue weighted by Crippen LogP contribution is -2.54. The second kappa shape index (κ2) is 3.64. The highest BCUT2D eigenvalue weighted by molar-refractivity contribution is 5.76. The highest BCUT2D eigenvalue weighted by Crippen LogP contribution is 2.33.